The number of hydrogen-bond donors (Lipinski definition) is 0. The molecule has 1 aromatic heterocycles. The first-order chi connectivity index (χ1) is 15.8. The second kappa shape index (κ2) is 8.81. The second-order valence-electron chi connectivity index (χ2n) is 7.01. The molecule has 1 fully saturated rings. The number of fused-ring (bicyclic) bond motifs is 1. The molecule has 11 heteroatoms. The highest BCUT2D eigenvalue weighted by Gasteiger charge is 2.36. The minimum atomic E-state index is -0.454. The van der Waals surface area contributed by atoms with Crippen molar-refractivity contribution in [2.75, 3.05) is 6.79 Å². The Balaban J connectivity index is 1.38. The maximum absolute atomic E-state index is 12.9. The molecule has 0 aliphatic carbocycles. The van der Waals surface area contributed by atoms with Crippen LogP contribution in [0.15, 0.2) is 45.7 Å². The maximum atomic E-state index is 12.9. The minimum absolute atomic E-state index is 0.000232. The SMILES string of the molecule is O=C1SC(=Cc2ccc(-c3cc(Cl)c(Cl)cc3Cl)o2)C(=O)N1Cc1cc2c(cc1Cl)OCO2. The third-order valence-corrected chi connectivity index (χ3v) is 7.21. The highest BCUT2D eigenvalue weighted by molar-refractivity contribution is 8.18. The zero-order chi connectivity index (χ0) is 23.3. The fraction of sp³-hybridized carbons (Fsp3) is 0.0909. The number of halogens is 4. The summed E-state index contributed by atoms with van der Waals surface area (Å²) in [5.41, 5.74) is 1.12. The number of imide groups is 1. The van der Waals surface area contributed by atoms with Crippen LogP contribution in [-0.4, -0.2) is 22.8 Å². The first kappa shape index (κ1) is 22.5. The molecule has 33 heavy (non-hydrogen) atoms. The van der Waals surface area contributed by atoms with Crippen LogP contribution in [0.3, 0.4) is 0 Å². The van der Waals surface area contributed by atoms with E-state index in [2.05, 4.69) is 0 Å². The standard InChI is InChI=1S/C22H11Cl4NO5S/c23-13-7-19-18(30-9-31-19)3-10(13)8-27-21(28)20(33-22(27)29)4-11-1-2-17(32-11)12-5-15(25)16(26)6-14(12)24/h1-7H,8-9H2. The average Bonchev–Trinajstić information content (AvgIpc) is 3.47. The zero-order valence-electron chi connectivity index (χ0n) is 16.4. The predicted octanol–water partition coefficient (Wildman–Crippen LogP) is 7.53. The Morgan fingerprint density at radius 3 is 2.42 bits per heavy atom. The summed E-state index contributed by atoms with van der Waals surface area (Å²) in [7, 11) is 0. The van der Waals surface area contributed by atoms with Crippen molar-refractivity contribution in [3.63, 3.8) is 0 Å². The summed E-state index contributed by atoms with van der Waals surface area (Å²) in [6.45, 7) is 0.0950. The van der Waals surface area contributed by atoms with Crippen molar-refractivity contribution in [3.05, 3.63) is 72.7 Å². The van der Waals surface area contributed by atoms with Crippen LogP contribution in [0.25, 0.3) is 17.4 Å². The van der Waals surface area contributed by atoms with Crippen LogP contribution in [-0.2, 0) is 11.3 Å². The molecule has 168 valence electrons. The lowest BCUT2D eigenvalue weighted by molar-refractivity contribution is -0.123. The molecule has 0 spiro atoms. The zero-order valence-corrected chi connectivity index (χ0v) is 20.2. The van der Waals surface area contributed by atoms with Crippen LogP contribution < -0.4 is 9.47 Å². The molecule has 1 saturated heterocycles. The Labute approximate surface area is 211 Å². The van der Waals surface area contributed by atoms with Crippen molar-refractivity contribution in [2.45, 2.75) is 6.54 Å². The van der Waals surface area contributed by atoms with Gasteiger partial charge >= 0.3 is 0 Å². The molecule has 2 aliphatic heterocycles. The summed E-state index contributed by atoms with van der Waals surface area (Å²) in [6, 6.07) is 9.74. The van der Waals surface area contributed by atoms with Crippen LogP contribution in [0.4, 0.5) is 4.79 Å². The first-order valence-electron chi connectivity index (χ1n) is 9.38. The molecule has 2 aliphatic rings. The number of benzene rings is 2. The summed E-state index contributed by atoms with van der Waals surface area (Å²) < 4.78 is 16.4. The van der Waals surface area contributed by atoms with Crippen LogP contribution in [0.1, 0.15) is 11.3 Å². The van der Waals surface area contributed by atoms with Crippen molar-refractivity contribution < 1.29 is 23.5 Å². The molecule has 3 aromatic rings. The van der Waals surface area contributed by atoms with E-state index in [1.807, 2.05) is 0 Å². The molecule has 5 rings (SSSR count). The Morgan fingerprint density at radius 1 is 0.909 bits per heavy atom. The number of nitrogens with zero attached hydrogens (tertiary/aromatic N) is 1. The quantitative estimate of drug-likeness (QED) is 0.251. The number of ether oxygens (including phenoxy) is 2. The Bertz CT molecular complexity index is 1350. The molecule has 2 amide bonds. The number of rotatable bonds is 4. The Morgan fingerprint density at radius 2 is 1.64 bits per heavy atom. The Hall–Kier alpha value is -2.29. The van der Waals surface area contributed by atoms with Gasteiger partial charge in [0.15, 0.2) is 11.5 Å². The smallest absolute Gasteiger partial charge is 0.293 e. The van der Waals surface area contributed by atoms with Crippen molar-refractivity contribution >= 4 is 75.4 Å². The molecule has 0 atom stereocenters. The van der Waals surface area contributed by atoms with Crippen molar-refractivity contribution in [1.29, 1.82) is 0 Å². The normalized spacial score (nSPS) is 16.4. The van der Waals surface area contributed by atoms with E-state index < -0.39 is 11.1 Å². The lowest BCUT2D eigenvalue weighted by atomic mass is 10.2. The number of furan rings is 1. The van der Waals surface area contributed by atoms with E-state index in [1.165, 1.54) is 12.1 Å². The van der Waals surface area contributed by atoms with Gasteiger partial charge in [-0.25, -0.2) is 0 Å². The Kier molecular flexibility index (Phi) is 6.01. The van der Waals surface area contributed by atoms with Gasteiger partial charge in [0.05, 0.1) is 26.5 Å². The molecular formula is C22H11Cl4NO5S. The van der Waals surface area contributed by atoms with E-state index in [1.54, 1.807) is 30.3 Å². The molecule has 0 saturated carbocycles. The lowest BCUT2D eigenvalue weighted by Crippen LogP contribution is -2.27. The van der Waals surface area contributed by atoms with Gasteiger partial charge in [0.1, 0.15) is 11.5 Å². The summed E-state index contributed by atoms with van der Waals surface area (Å²) in [4.78, 5) is 26.8. The number of carbonyl (C=O) groups is 2. The van der Waals surface area contributed by atoms with Crippen LogP contribution >= 0.6 is 58.2 Å². The molecule has 2 aromatic carbocycles. The van der Waals surface area contributed by atoms with Gasteiger partial charge in [-0.1, -0.05) is 46.4 Å². The maximum Gasteiger partial charge on any atom is 0.293 e. The third kappa shape index (κ3) is 4.32. The van der Waals surface area contributed by atoms with Gasteiger partial charge in [-0.3, -0.25) is 14.5 Å². The molecule has 0 radical (unpaired) electrons. The average molecular weight is 543 g/mol. The van der Waals surface area contributed by atoms with E-state index in [9.17, 15) is 9.59 Å². The fourth-order valence-electron chi connectivity index (χ4n) is 3.30. The van der Waals surface area contributed by atoms with Gasteiger partial charge in [0.2, 0.25) is 6.79 Å². The topological polar surface area (TPSA) is 69.0 Å². The van der Waals surface area contributed by atoms with Gasteiger partial charge < -0.3 is 13.9 Å². The second-order valence-corrected chi connectivity index (χ2v) is 9.63. The predicted molar refractivity (Wildman–Crippen MR) is 128 cm³/mol. The number of amides is 2. The highest BCUT2D eigenvalue weighted by atomic mass is 35.5. The molecule has 0 bridgehead atoms. The van der Waals surface area contributed by atoms with Gasteiger partial charge in [-0.05, 0) is 47.7 Å². The summed E-state index contributed by atoms with van der Waals surface area (Å²) in [5, 5.41) is 0.979. The van der Waals surface area contributed by atoms with E-state index in [0.717, 1.165) is 16.7 Å². The summed E-state index contributed by atoms with van der Waals surface area (Å²) in [5.74, 6) is 1.40. The molecule has 0 N–H and O–H groups in total. The van der Waals surface area contributed by atoms with Crippen molar-refractivity contribution in [1.82, 2.24) is 4.90 Å². The summed E-state index contributed by atoms with van der Waals surface area (Å²) in [6.07, 6.45) is 1.50. The largest absolute Gasteiger partial charge is 0.457 e. The van der Waals surface area contributed by atoms with Gasteiger partial charge in [0, 0.05) is 22.7 Å². The minimum Gasteiger partial charge on any atom is -0.457 e. The first-order valence-corrected chi connectivity index (χ1v) is 11.7. The van der Waals surface area contributed by atoms with Gasteiger partial charge in [0.25, 0.3) is 11.1 Å². The van der Waals surface area contributed by atoms with Crippen molar-refractivity contribution in [2.24, 2.45) is 0 Å². The van der Waals surface area contributed by atoms with Gasteiger partial charge in [-0.15, -0.1) is 0 Å². The number of hydrogen-bond acceptors (Lipinski definition) is 6. The lowest BCUT2D eigenvalue weighted by Gasteiger charge is -2.14. The third-order valence-electron chi connectivity index (χ3n) is 4.92. The van der Waals surface area contributed by atoms with Crippen LogP contribution in [0, 0.1) is 0 Å². The van der Waals surface area contributed by atoms with Gasteiger partial charge in [-0.2, -0.15) is 0 Å². The number of carbonyl (C=O) groups excluding carboxylic acids is 2. The number of thioether (sulfide) groups is 1. The molecule has 6 nitrogen and oxygen atoms in total. The van der Waals surface area contributed by atoms with Crippen LogP contribution in [0.5, 0.6) is 11.5 Å². The van der Waals surface area contributed by atoms with E-state index in [-0.39, 0.29) is 18.2 Å². The highest BCUT2D eigenvalue weighted by Crippen LogP contribution is 2.40. The van der Waals surface area contributed by atoms with E-state index in [4.69, 9.17) is 60.3 Å². The van der Waals surface area contributed by atoms with E-state index >= 15 is 0 Å². The van der Waals surface area contributed by atoms with Crippen LogP contribution in [0.2, 0.25) is 20.1 Å². The summed E-state index contributed by atoms with van der Waals surface area (Å²) >= 11 is 25.4. The monoisotopic (exact) mass is 541 g/mol. The van der Waals surface area contributed by atoms with Crippen molar-refractivity contribution in [3.8, 4) is 22.8 Å². The molecule has 3 heterocycles. The molecular weight excluding hydrogens is 532 g/mol. The fourth-order valence-corrected chi connectivity index (χ4v) is 4.97. The van der Waals surface area contributed by atoms with E-state index in [0.29, 0.717) is 54.2 Å². The molecule has 0 unspecified atom stereocenters.